The summed E-state index contributed by atoms with van der Waals surface area (Å²) in [5.74, 6) is -0.405. The first-order chi connectivity index (χ1) is 9.65. The van der Waals surface area contributed by atoms with Gasteiger partial charge in [0.2, 0.25) is 0 Å². The van der Waals surface area contributed by atoms with Crippen molar-refractivity contribution in [2.75, 3.05) is 31.5 Å². The smallest absolute Gasteiger partial charge is 0.319 e. The van der Waals surface area contributed by atoms with Crippen molar-refractivity contribution in [1.82, 2.24) is 10.2 Å². The molecule has 4 nitrogen and oxygen atoms in total. The number of rotatable bonds is 5. The Morgan fingerprint density at radius 2 is 2.10 bits per heavy atom. The van der Waals surface area contributed by atoms with Gasteiger partial charge in [-0.1, -0.05) is 6.07 Å². The number of benzene rings is 1. The van der Waals surface area contributed by atoms with Crippen molar-refractivity contribution in [3.8, 4) is 0 Å². The van der Waals surface area contributed by atoms with E-state index in [2.05, 4.69) is 15.5 Å². The van der Waals surface area contributed by atoms with Crippen molar-refractivity contribution in [3.05, 3.63) is 29.6 Å². The number of nitrogens with one attached hydrogen (secondary N) is 2. The lowest BCUT2D eigenvalue weighted by atomic mass is 10.2. The summed E-state index contributed by atoms with van der Waals surface area (Å²) < 4.78 is 13.6. The van der Waals surface area contributed by atoms with E-state index in [0.717, 1.165) is 18.5 Å². The SMILES string of the molecule is Cc1ccc(NC(=O)NCCCN2CCCC2)c(F)c1. The zero-order valence-corrected chi connectivity index (χ0v) is 11.9. The molecule has 0 bridgehead atoms. The Bertz CT molecular complexity index is 458. The third kappa shape index (κ3) is 4.49. The van der Waals surface area contributed by atoms with Gasteiger partial charge < -0.3 is 15.5 Å². The highest BCUT2D eigenvalue weighted by Gasteiger charge is 2.11. The normalized spacial score (nSPS) is 15.3. The Morgan fingerprint density at radius 1 is 1.35 bits per heavy atom. The number of halogens is 1. The molecule has 1 aromatic rings. The van der Waals surface area contributed by atoms with Crippen LogP contribution in [0.5, 0.6) is 0 Å². The largest absolute Gasteiger partial charge is 0.338 e. The van der Waals surface area contributed by atoms with Crippen molar-refractivity contribution < 1.29 is 9.18 Å². The number of aryl methyl sites for hydroxylation is 1. The zero-order chi connectivity index (χ0) is 14.4. The Kier molecular flexibility index (Phi) is 5.35. The average Bonchev–Trinajstić information content (AvgIpc) is 2.91. The molecule has 1 heterocycles. The fourth-order valence-corrected chi connectivity index (χ4v) is 2.40. The maximum atomic E-state index is 13.6. The Balaban J connectivity index is 1.67. The van der Waals surface area contributed by atoms with Gasteiger partial charge in [-0.3, -0.25) is 0 Å². The number of carbonyl (C=O) groups excluding carboxylic acids is 1. The number of nitrogens with zero attached hydrogens (tertiary/aromatic N) is 1. The number of hydrogen-bond acceptors (Lipinski definition) is 2. The first kappa shape index (κ1) is 14.8. The Hall–Kier alpha value is -1.62. The number of carbonyl (C=O) groups is 1. The number of hydrogen-bond donors (Lipinski definition) is 2. The molecule has 0 spiro atoms. The van der Waals surface area contributed by atoms with Crippen LogP contribution in [0.3, 0.4) is 0 Å². The van der Waals surface area contributed by atoms with Gasteiger partial charge in [-0.25, -0.2) is 9.18 Å². The molecule has 1 aromatic carbocycles. The molecule has 0 unspecified atom stereocenters. The summed E-state index contributed by atoms with van der Waals surface area (Å²) in [6, 6.07) is 4.40. The van der Waals surface area contributed by atoms with Crippen LogP contribution in [0.4, 0.5) is 14.9 Å². The Morgan fingerprint density at radius 3 is 2.80 bits per heavy atom. The third-order valence-electron chi connectivity index (χ3n) is 3.51. The minimum atomic E-state index is -0.405. The van der Waals surface area contributed by atoms with E-state index in [4.69, 9.17) is 0 Å². The molecule has 2 rings (SSSR count). The quantitative estimate of drug-likeness (QED) is 0.814. The molecular weight excluding hydrogens is 257 g/mol. The average molecular weight is 279 g/mol. The number of urea groups is 1. The second kappa shape index (κ2) is 7.24. The molecule has 1 aliphatic heterocycles. The van der Waals surface area contributed by atoms with E-state index in [0.29, 0.717) is 6.54 Å². The number of amides is 2. The monoisotopic (exact) mass is 279 g/mol. The van der Waals surface area contributed by atoms with Crippen LogP contribution in [0.2, 0.25) is 0 Å². The van der Waals surface area contributed by atoms with Crippen molar-refractivity contribution in [2.24, 2.45) is 0 Å². The lowest BCUT2D eigenvalue weighted by molar-refractivity contribution is 0.250. The molecule has 0 radical (unpaired) electrons. The highest BCUT2D eigenvalue weighted by atomic mass is 19.1. The van der Waals surface area contributed by atoms with Crippen molar-refractivity contribution >= 4 is 11.7 Å². The topological polar surface area (TPSA) is 44.4 Å². The van der Waals surface area contributed by atoms with Gasteiger partial charge in [0.15, 0.2) is 0 Å². The lowest BCUT2D eigenvalue weighted by Gasteiger charge is -2.14. The van der Waals surface area contributed by atoms with E-state index >= 15 is 0 Å². The Labute approximate surface area is 119 Å². The van der Waals surface area contributed by atoms with E-state index in [1.54, 1.807) is 12.1 Å². The minimum Gasteiger partial charge on any atom is -0.338 e. The maximum absolute atomic E-state index is 13.6. The molecule has 0 atom stereocenters. The molecule has 0 saturated carbocycles. The summed E-state index contributed by atoms with van der Waals surface area (Å²) in [4.78, 5) is 14.0. The summed E-state index contributed by atoms with van der Waals surface area (Å²) in [7, 11) is 0. The van der Waals surface area contributed by atoms with Gasteiger partial charge in [-0.15, -0.1) is 0 Å². The van der Waals surface area contributed by atoms with E-state index in [-0.39, 0.29) is 11.7 Å². The van der Waals surface area contributed by atoms with E-state index in [1.807, 2.05) is 6.92 Å². The third-order valence-corrected chi connectivity index (χ3v) is 3.51. The molecular formula is C15H22FN3O. The van der Waals surface area contributed by atoms with Crippen LogP contribution in [0, 0.1) is 12.7 Å². The summed E-state index contributed by atoms with van der Waals surface area (Å²) in [5, 5.41) is 5.28. The van der Waals surface area contributed by atoms with Crippen LogP contribution in [-0.2, 0) is 0 Å². The van der Waals surface area contributed by atoms with Crippen LogP contribution < -0.4 is 10.6 Å². The molecule has 2 amide bonds. The fourth-order valence-electron chi connectivity index (χ4n) is 2.40. The summed E-state index contributed by atoms with van der Waals surface area (Å²) >= 11 is 0. The standard InChI is InChI=1S/C15H22FN3O/c1-12-5-6-14(13(16)11-12)18-15(20)17-7-4-10-19-8-2-3-9-19/h5-6,11H,2-4,7-10H2,1H3,(H2,17,18,20). The highest BCUT2D eigenvalue weighted by molar-refractivity contribution is 5.89. The van der Waals surface area contributed by atoms with Crippen LogP contribution in [0.15, 0.2) is 18.2 Å². The van der Waals surface area contributed by atoms with Crippen molar-refractivity contribution in [1.29, 1.82) is 0 Å². The number of anilines is 1. The van der Waals surface area contributed by atoms with Gasteiger partial charge in [0, 0.05) is 6.54 Å². The van der Waals surface area contributed by atoms with Gasteiger partial charge in [0.1, 0.15) is 5.82 Å². The number of likely N-dealkylation sites (tertiary alicyclic amines) is 1. The van der Waals surface area contributed by atoms with Crippen LogP contribution in [0.1, 0.15) is 24.8 Å². The summed E-state index contributed by atoms with van der Waals surface area (Å²) in [6.45, 7) is 5.77. The minimum absolute atomic E-state index is 0.215. The van der Waals surface area contributed by atoms with E-state index < -0.39 is 5.82 Å². The molecule has 5 heteroatoms. The zero-order valence-electron chi connectivity index (χ0n) is 11.9. The van der Waals surface area contributed by atoms with Crippen LogP contribution in [-0.4, -0.2) is 37.1 Å². The molecule has 0 aliphatic carbocycles. The van der Waals surface area contributed by atoms with E-state index in [1.165, 1.54) is 32.0 Å². The van der Waals surface area contributed by atoms with Crippen molar-refractivity contribution in [3.63, 3.8) is 0 Å². The highest BCUT2D eigenvalue weighted by Crippen LogP contribution is 2.14. The summed E-state index contributed by atoms with van der Waals surface area (Å²) in [5.41, 5.74) is 1.05. The van der Waals surface area contributed by atoms with Crippen LogP contribution in [0.25, 0.3) is 0 Å². The van der Waals surface area contributed by atoms with Gasteiger partial charge in [0.05, 0.1) is 5.69 Å². The molecule has 110 valence electrons. The fraction of sp³-hybridized carbons (Fsp3) is 0.533. The van der Waals surface area contributed by atoms with Crippen LogP contribution >= 0.6 is 0 Å². The maximum Gasteiger partial charge on any atom is 0.319 e. The molecule has 0 aromatic heterocycles. The predicted molar refractivity (Wildman–Crippen MR) is 78.4 cm³/mol. The second-order valence-corrected chi connectivity index (χ2v) is 5.27. The molecule has 1 fully saturated rings. The lowest BCUT2D eigenvalue weighted by Crippen LogP contribution is -2.32. The predicted octanol–water partition coefficient (Wildman–Crippen LogP) is 2.74. The van der Waals surface area contributed by atoms with Gasteiger partial charge >= 0.3 is 6.03 Å². The van der Waals surface area contributed by atoms with Gasteiger partial charge in [0.25, 0.3) is 0 Å². The second-order valence-electron chi connectivity index (χ2n) is 5.27. The van der Waals surface area contributed by atoms with Gasteiger partial charge in [-0.2, -0.15) is 0 Å². The van der Waals surface area contributed by atoms with Gasteiger partial charge in [-0.05, 0) is 63.5 Å². The molecule has 20 heavy (non-hydrogen) atoms. The molecule has 1 aliphatic rings. The first-order valence-electron chi connectivity index (χ1n) is 7.18. The van der Waals surface area contributed by atoms with Crippen molar-refractivity contribution in [2.45, 2.75) is 26.2 Å². The van der Waals surface area contributed by atoms with E-state index in [9.17, 15) is 9.18 Å². The molecule has 1 saturated heterocycles. The molecule has 2 N–H and O–H groups in total. The summed E-state index contributed by atoms with van der Waals surface area (Å²) in [6.07, 6.45) is 3.48. The first-order valence-corrected chi connectivity index (χ1v) is 7.18.